The number of nitrogens with one attached hydrogen (secondary N) is 1. The maximum absolute atomic E-state index is 3.67. The van der Waals surface area contributed by atoms with Gasteiger partial charge in [0, 0.05) is 19.1 Å². The quantitative estimate of drug-likeness (QED) is 0.767. The molecule has 1 rings (SSSR count). The molecule has 0 radical (unpaired) electrons. The first-order valence-electron chi connectivity index (χ1n) is 7.39. The molecule has 0 aromatic carbocycles. The van der Waals surface area contributed by atoms with Gasteiger partial charge in [0.05, 0.1) is 0 Å². The average Bonchev–Trinajstić information content (AvgIpc) is 2.30. The predicted molar refractivity (Wildman–Crippen MR) is 76.4 cm³/mol. The van der Waals surface area contributed by atoms with Crippen molar-refractivity contribution < 1.29 is 0 Å². The summed E-state index contributed by atoms with van der Waals surface area (Å²) in [5, 5.41) is 3.67. The molecule has 102 valence electrons. The summed E-state index contributed by atoms with van der Waals surface area (Å²) in [5.41, 5.74) is 0.529. The molecule has 0 aromatic heterocycles. The van der Waals surface area contributed by atoms with E-state index >= 15 is 0 Å². The van der Waals surface area contributed by atoms with Crippen LogP contribution in [0.4, 0.5) is 0 Å². The Hall–Kier alpha value is -0.0800. The van der Waals surface area contributed by atoms with Gasteiger partial charge in [0.15, 0.2) is 0 Å². The van der Waals surface area contributed by atoms with E-state index in [1.54, 1.807) is 0 Å². The molecule has 0 saturated heterocycles. The molecule has 0 unspecified atom stereocenters. The molecule has 2 nitrogen and oxygen atoms in total. The molecular weight excluding hydrogens is 208 g/mol. The molecule has 0 aromatic rings. The molecule has 0 aliphatic heterocycles. The van der Waals surface area contributed by atoms with E-state index < -0.39 is 0 Å². The highest BCUT2D eigenvalue weighted by atomic mass is 15.1. The Morgan fingerprint density at radius 1 is 1.29 bits per heavy atom. The van der Waals surface area contributed by atoms with Gasteiger partial charge in [0.25, 0.3) is 0 Å². The van der Waals surface area contributed by atoms with Crippen LogP contribution in [-0.2, 0) is 0 Å². The molecule has 0 amide bonds. The zero-order valence-electron chi connectivity index (χ0n) is 12.6. The molecule has 1 saturated carbocycles. The van der Waals surface area contributed by atoms with Crippen molar-refractivity contribution in [3.63, 3.8) is 0 Å². The lowest BCUT2D eigenvalue weighted by molar-refractivity contribution is 0.0990. The molecule has 17 heavy (non-hydrogen) atoms. The third-order valence-corrected chi connectivity index (χ3v) is 4.37. The van der Waals surface area contributed by atoms with Crippen LogP contribution < -0.4 is 5.32 Å². The Labute approximate surface area is 108 Å². The minimum Gasteiger partial charge on any atom is -0.314 e. The second kappa shape index (κ2) is 6.75. The van der Waals surface area contributed by atoms with Crippen molar-refractivity contribution in [1.29, 1.82) is 0 Å². The SMILES string of the molecule is CCN(C)CC1(CNC(C)C)CCC(C)CC1. The van der Waals surface area contributed by atoms with Crippen LogP contribution in [0.25, 0.3) is 0 Å². The fourth-order valence-corrected chi connectivity index (χ4v) is 2.87. The van der Waals surface area contributed by atoms with Crippen LogP contribution in [0.2, 0.25) is 0 Å². The summed E-state index contributed by atoms with van der Waals surface area (Å²) in [5.74, 6) is 0.939. The summed E-state index contributed by atoms with van der Waals surface area (Å²) >= 11 is 0. The summed E-state index contributed by atoms with van der Waals surface area (Å²) in [6.07, 6.45) is 5.63. The predicted octanol–water partition coefficient (Wildman–Crippen LogP) is 3.13. The van der Waals surface area contributed by atoms with Crippen LogP contribution in [0.15, 0.2) is 0 Å². The standard InChI is InChI=1S/C15H32N2/c1-6-17(5)12-15(11-16-13(2)3)9-7-14(4)8-10-15/h13-14,16H,6-12H2,1-5H3. The minimum atomic E-state index is 0.529. The van der Waals surface area contributed by atoms with Crippen molar-refractivity contribution in [3.05, 3.63) is 0 Å². The molecule has 1 aliphatic carbocycles. The van der Waals surface area contributed by atoms with Crippen molar-refractivity contribution in [2.45, 2.75) is 59.4 Å². The number of hydrogen-bond donors (Lipinski definition) is 1. The van der Waals surface area contributed by atoms with Gasteiger partial charge in [0.1, 0.15) is 0 Å². The highest BCUT2D eigenvalue weighted by Crippen LogP contribution is 2.39. The summed E-state index contributed by atoms with van der Waals surface area (Å²) in [4.78, 5) is 2.48. The van der Waals surface area contributed by atoms with Crippen molar-refractivity contribution in [2.24, 2.45) is 11.3 Å². The normalized spacial score (nSPS) is 30.2. The average molecular weight is 240 g/mol. The lowest BCUT2D eigenvalue weighted by atomic mass is 9.70. The molecule has 2 heteroatoms. The van der Waals surface area contributed by atoms with E-state index in [1.165, 1.54) is 45.3 Å². The molecule has 0 spiro atoms. The fraction of sp³-hybridized carbons (Fsp3) is 1.00. The van der Waals surface area contributed by atoms with E-state index in [0.717, 1.165) is 5.92 Å². The molecule has 0 atom stereocenters. The molecule has 0 heterocycles. The number of rotatable bonds is 6. The summed E-state index contributed by atoms with van der Waals surface area (Å²) < 4.78 is 0. The van der Waals surface area contributed by atoms with E-state index in [0.29, 0.717) is 11.5 Å². The van der Waals surface area contributed by atoms with Crippen LogP contribution in [-0.4, -0.2) is 37.6 Å². The Morgan fingerprint density at radius 2 is 1.88 bits per heavy atom. The van der Waals surface area contributed by atoms with Gasteiger partial charge in [-0.15, -0.1) is 0 Å². The zero-order chi connectivity index (χ0) is 12.9. The molecule has 1 aliphatic rings. The second-order valence-electron chi connectivity index (χ2n) is 6.55. The van der Waals surface area contributed by atoms with Gasteiger partial charge >= 0.3 is 0 Å². The van der Waals surface area contributed by atoms with Crippen LogP contribution >= 0.6 is 0 Å². The van der Waals surface area contributed by atoms with Gasteiger partial charge in [-0.05, 0) is 37.8 Å². The topological polar surface area (TPSA) is 15.3 Å². The van der Waals surface area contributed by atoms with Gasteiger partial charge in [0.2, 0.25) is 0 Å². The van der Waals surface area contributed by atoms with Crippen molar-refractivity contribution in [3.8, 4) is 0 Å². The van der Waals surface area contributed by atoms with Gasteiger partial charge in [-0.25, -0.2) is 0 Å². The van der Waals surface area contributed by atoms with E-state index in [1.807, 2.05) is 0 Å². The minimum absolute atomic E-state index is 0.529. The Morgan fingerprint density at radius 3 is 2.35 bits per heavy atom. The zero-order valence-corrected chi connectivity index (χ0v) is 12.6. The smallest absolute Gasteiger partial charge is 0.00470 e. The summed E-state index contributed by atoms with van der Waals surface area (Å²) in [7, 11) is 2.26. The molecule has 1 fully saturated rings. The summed E-state index contributed by atoms with van der Waals surface area (Å²) in [6, 6.07) is 0.609. The van der Waals surface area contributed by atoms with E-state index in [4.69, 9.17) is 0 Å². The number of hydrogen-bond acceptors (Lipinski definition) is 2. The second-order valence-corrected chi connectivity index (χ2v) is 6.55. The van der Waals surface area contributed by atoms with Crippen molar-refractivity contribution >= 4 is 0 Å². The first-order chi connectivity index (χ1) is 7.97. The van der Waals surface area contributed by atoms with Gasteiger partial charge in [-0.3, -0.25) is 0 Å². The Kier molecular flexibility index (Phi) is 5.94. The largest absolute Gasteiger partial charge is 0.314 e. The molecular formula is C15H32N2. The monoisotopic (exact) mass is 240 g/mol. The fourth-order valence-electron chi connectivity index (χ4n) is 2.87. The Bertz CT molecular complexity index is 205. The first kappa shape index (κ1) is 15.0. The van der Waals surface area contributed by atoms with E-state index in [-0.39, 0.29) is 0 Å². The lowest BCUT2D eigenvalue weighted by Crippen LogP contribution is -2.46. The van der Waals surface area contributed by atoms with Crippen LogP contribution in [0.5, 0.6) is 0 Å². The van der Waals surface area contributed by atoms with Crippen LogP contribution in [0, 0.1) is 11.3 Å². The van der Waals surface area contributed by atoms with E-state index in [2.05, 4.69) is 45.0 Å². The van der Waals surface area contributed by atoms with Crippen LogP contribution in [0.3, 0.4) is 0 Å². The van der Waals surface area contributed by atoms with Crippen LogP contribution in [0.1, 0.15) is 53.4 Å². The van der Waals surface area contributed by atoms with Gasteiger partial charge in [-0.1, -0.05) is 40.5 Å². The number of nitrogens with zero attached hydrogens (tertiary/aromatic N) is 1. The van der Waals surface area contributed by atoms with Crippen molar-refractivity contribution in [1.82, 2.24) is 10.2 Å². The first-order valence-corrected chi connectivity index (χ1v) is 7.39. The summed E-state index contributed by atoms with van der Waals surface area (Å²) in [6.45, 7) is 12.8. The maximum atomic E-state index is 3.67. The maximum Gasteiger partial charge on any atom is 0.00470 e. The van der Waals surface area contributed by atoms with Crippen molar-refractivity contribution in [2.75, 3.05) is 26.7 Å². The van der Waals surface area contributed by atoms with Gasteiger partial charge < -0.3 is 10.2 Å². The third kappa shape index (κ3) is 4.97. The highest BCUT2D eigenvalue weighted by Gasteiger charge is 2.34. The highest BCUT2D eigenvalue weighted by molar-refractivity contribution is 4.89. The molecule has 1 N–H and O–H groups in total. The third-order valence-electron chi connectivity index (χ3n) is 4.37. The van der Waals surface area contributed by atoms with E-state index in [9.17, 15) is 0 Å². The van der Waals surface area contributed by atoms with Gasteiger partial charge in [-0.2, -0.15) is 0 Å². The lowest BCUT2D eigenvalue weighted by Gasteiger charge is -2.42. The Balaban J connectivity index is 2.57. The molecule has 0 bridgehead atoms.